The van der Waals surface area contributed by atoms with Crippen LogP contribution in [0.2, 0.25) is 0 Å². The third-order valence-electron chi connectivity index (χ3n) is 3.82. The van der Waals surface area contributed by atoms with E-state index in [1.807, 2.05) is 18.4 Å². The number of aromatic nitrogens is 2. The molecule has 0 spiro atoms. The molecule has 6 nitrogen and oxygen atoms in total. The lowest BCUT2D eigenvalue weighted by atomic mass is 9.97. The van der Waals surface area contributed by atoms with Crippen molar-refractivity contribution in [2.75, 3.05) is 6.54 Å². The van der Waals surface area contributed by atoms with E-state index in [-0.39, 0.29) is 12.3 Å². The first-order valence-corrected chi connectivity index (χ1v) is 7.48. The highest BCUT2D eigenvalue weighted by atomic mass is 16.4. The molecule has 2 unspecified atom stereocenters. The second-order valence-electron chi connectivity index (χ2n) is 6.05. The first-order valence-electron chi connectivity index (χ1n) is 7.48. The topological polar surface area (TPSA) is 75.4 Å². The molecule has 1 aliphatic rings. The standard InChI is InChI=1S/C15H23N3O3/c1-4-5-17-9-16-7-12(17)14-11(15(20)21)6-13(19)18(14)8-10(2)3/h7,9-11,14H,4-6,8H2,1-3H3,(H,20,21). The lowest BCUT2D eigenvalue weighted by molar-refractivity contribution is -0.142. The number of nitrogens with zero attached hydrogens (tertiary/aromatic N) is 3. The summed E-state index contributed by atoms with van der Waals surface area (Å²) >= 11 is 0. The van der Waals surface area contributed by atoms with Crippen LogP contribution in [-0.4, -0.2) is 38.0 Å². The molecule has 1 aromatic heterocycles. The van der Waals surface area contributed by atoms with E-state index in [1.54, 1.807) is 17.4 Å². The summed E-state index contributed by atoms with van der Waals surface area (Å²) in [5.74, 6) is -1.38. The maximum absolute atomic E-state index is 12.2. The summed E-state index contributed by atoms with van der Waals surface area (Å²) in [5, 5.41) is 9.46. The number of amides is 1. The highest BCUT2D eigenvalue weighted by Gasteiger charge is 2.45. The van der Waals surface area contributed by atoms with Crippen molar-refractivity contribution in [2.24, 2.45) is 11.8 Å². The molecule has 1 fully saturated rings. The van der Waals surface area contributed by atoms with Gasteiger partial charge in [0.2, 0.25) is 5.91 Å². The number of hydrogen-bond acceptors (Lipinski definition) is 3. The van der Waals surface area contributed by atoms with Crippen LogP contribution in [-0.2, 0) is 16.1 Å². The Balaban J connectivity index is 2.39. The molecule has 0 bridgehead atoms. The number of imidazole rings is 1. The average molecular weight is 293 g/mol. The zero-order valence-corrected chi connectivity index (χ0v) is 12.8. The fourth-order valence-corrected chi connectivity index (χ4v) is 2.99. The molecule has 0 aliphatic carbocycles. The summed E-state index contributed by atoms with van der Waals surface area (Å²) in [4.78, 5) is 29.6. The van der Waals surface area contributed by atoms with Gasteiger partial charge in [0.1, 0.15) is 0 Å². The number of carbonyl (C=O) groups is 2. The van der Waals surface area contributed by atoms with Crippen LogP contribution in [0.1, 0.15) is 45.3 Å². The van der Waals surface area contributed by atoms with E-state index >= 15 is 0 Å². The molecule has 0 aromatic carbocycles. The monoisotopic (exact) mass is 293 g/mol. The number of aliphatic carboxylic acids is 1. The number of aryl methyl sites for hydroxylation is 1. The van der Waals surface area contributed by atoms with Gasteiger partial charge in [0, 0.05) is 19.5 Å². The molecule has 21 heavy (non-hydrogen) atoms. The van der Waals surface area contributed by atoms with E-state index in [1.165, 1.54) is 0 Å². The smallest absolute Gasteiger partial charge is 0.309 e. The van der Waals surface area contributed by atoms with Gasteiger partial charge in [-0.3, -0.25) is 9.59 Å². The average Bonchev–Trinajstić information content (AvgIpc) is 2.95. The molecular weight excluding hydrogens is 270 g/mol. The van der Waals surface area contributed by atoms with Crippen LogP contribution >= 0.6 is 0 Å². The highest BCUT2D eigenvalue weighted by Crippen LogP contribution is 2.38. The van der Waals surface area contributed by atoms with Crippen LogP contribution in [0.5, 0.6) is 0 Å². The number of carboxylic acids is 1. The normalized spacial score (nSPS) is 22.3. The van der Waals surface area contributed by atoms with Gasteiger partial charge in [0.25, 0.3) is 0 Å². The third-order valence-corrected chi connectivity index (χ3v) is 3.82. The maximum atomic E-state index is 12.2. The van der Waals surface area contributed by atoms with E-state index < -0.39 is 17.9 Å². The Morgan fingerprint density at radius 1 is 1.52 bits per heavy atom. The summed E-state index contributed by atoms with van der Waals surface area (Å²) in [6.45, 7) is 7.47. The Morgan fingerprint density at radius 2 is 2.24 bits per heavy atom. The Bertz CT molecular complexity index is 524. The number of rotatable bonds is 6. The van der Waals surface area contributed by atoms with Crippen molar-refractivity contribution in [3.8, 4) is 0 Å². The molecule has 1 N–H and O–H groups in total. The maximum Gasteiger partial charge on any atom is 0.309 e. The highest BCUT2D eigenvalue weighted by molar-refractivity contribution is 5.87. The number of hydrogen-bond donors (Lipinski definition) is 1. The van der Waals surface area contributed by atoms with Crippen LogP contribution in [0.4, 0.5) is 0 Å². The summed E-state index contributed by atoms with van der Waals surface area (Å²) in [7, 11) is 0. The van der Waals surface area contributed by atoms with Gasteiger partial charge in [0.15, 0.2) is 0 Å². The summed E-state index contributed by atoms with van der Waals surface area (Å²) < 4.78 is 1.96. The zero-order valence-electron chi connectivity index (χ0n) is 12.8. The Hall–Kier alpha value is -1.85. The van der Waals surface area contributed by atoms with Gasteiger partial charge in [-0.25, -0.2) is 4.98 Å². The zero-order chi connectivity index (χ0) is 15.6. The number of carbonyl (C=O) groups excluding carboxylic acids is 1. The lowest BCUT2D eigenvalue weighted by Gasteiger charge is -2.29. The van der Waals surface area contributed by atoms with E-state index in [9.17, 15) is 14.7 Å². The molecular formula is C15H23N3O3. The molecule has 0 saturated carbocycles. The van der Waals surface area contributed by atoms with Crippen molar-refractivity contribution in [1.29, 1.82) is 0 Å². The van der Waals surface area contributed by atoms with Crippen LogP contribution in [0, 0.1) is 11.8 Å². The predicted octanol–water partition coefficient (Wildman–Crippen LogP) is 1.92. The van der Waals surface area contributed by atoms with Crippen molar-refractivity contribution < 1.29 is 14.7 Å². The minimum absolute atomic E-state index is 0.0734. The largest absolute Gasteiger partial charge is 0.481 e. The fraction of sp³-hybridized carbons (Fsp3) is 0.667. The Morgan fingerprint density at radius 3 is 2.81 bits per heavy atom. The summed E-state index contributed by atoms with van der Waals surface area (Å²) in [5.41, 5.74) is 0.829. The first-order chi connectivity index (χ1) is 9.95. The SMILES string of the molecule is CCCn1cncc1C1C(C(=O)O)CC(=O)N1CC(C)C. The molecule has 2 heterocycles. The van der Waals surface area contributed by atoms with Crippen LogP contribution < -0.4 is 0 Å². The fourth-order valence-electron chi connectivity index (χ4n) is 2.99. The predicted molar refractivity (Wildman–Crippen MR) is 77.6 cm³/mol. The molecule has 0 radical (unpaired) electrons. The van der Waals surface area contributed by atoms with E-state index in [4.69, 9.17) is 0 Å². The molecule has 116 valence electrons. The van der Waals surface area contributed by atoms with Crippen LogP contribution in [0.25, 0.3) is 0 Å². The minimum Gasteiger partial charge on any atom is -0.481 e. The van der Waals surface area contributed by atoms with Gasteiger partial charge in [-0.05, 0) is 12.3 Å². The van der Waals surface area contributed by atoms with Crippen LogP contribution in [0.15, 0.2) is 12.5 Å². The van der Waals surface area contributed by atoms with Crippen molar-refractivity contribution in [1.82, 2.24) is 14.5 Å². The number of carboxylic acid groups (broad SMARTS) is 1. The second-order valence-corrected chi connectivity index (χ2v) is 6.05. The Kier molecular flexibility index (Phi) is 4.65. The van der Waals surface area contributed by atoms with Crippen molar-refractivity contribution in [3.05, 3.63) is 18.2 Å². The van der Waals surface area contributed by atoms with Crippen molar-refractivity contribution in [2.45, 2.75) is 46.2 Å². The van der Waals surface area contributed by atoms with Crippen molar-refractivity contribution >= 4 is 11.9 Å². The number of likely N-dealkylation sites (tertiary alicyclic amines) is 1. The molecule has 2 rings (SSSR count). The minimum atomic E-state index is -0.913. The van der Waals surface area contributed by atoms with Gasteiger partial charge in [0.05, 0.1) is 30.2 Å². The van der Waals surface area contributed by atoms with Gasteiger partial charge < -0.3 is 14.6 Å². The third kappa shape index (κ3) is 3.09. The molecule has 1 amide bonds. The van der Waals surface area contributed by atoms with E-state index in [0.29, 0.717) is 12.5 Å². The second kappa shape index (κ2) is 6.28. The summed E-state index contributed by atoms with van der Waals surface area (Å²) in [6, 6.07) is -0.411. The van der Waals surface area contributed by atoms with Crippen molar-refractivity contribution in [3.63, 3.8) is 0 Å². The molecule has 1 aliphatic heterocycles. The summed E-state index contributed by atoms with van der Waals surface area (Å²) in [6.07, 6.45) is 4.42. The van der Waals surface area contributed by atoms with Gasteiger partial charge >= 0.3 is 5.97 Å². The molecule has 2 atom stereocenters. The van der Waals surface area contributed by atoms with Gasteiger partial charge in [-0.15, -0.1) is 0 Å². The van der Waals surface area contributed by atoms with E-state index in [0.717, 1.165) is 18.7 Å². The molecule has 6 heteroatoms. The first kappa shape index (κ1) is 15.5. The lowest BCUT2D eigenvalue weighted by Crippen LogP contribution is -2.34. The Labute approximate surface area is 124 Å². The molecule has 1 aromatic rings. The van der Waals surface area contributed by atoms with E-state index in [2.05, 4.69) is 11.9 Å². The van der Waals surface area contributed by atoms with Gasteiger partial charge in [-0.2, -0.15) is 0 Å². The van der Waals surface area contributed by atoms with Gasteiger partial charge in [-0.1, -0.05) is 20.8 Å². The van der Waals surface area contributed by atoms with Crippen LogP contribution in [0.3, 0.4) is 0 Å². The molecule has 1 saturated heterocycles. The quantitative estimate of drug-likeness (QED) is 0.869.